The second-order valence-corrected chi connectivity index (χ2v) is 7.49. The Morgan fingerprint density at radius 3 is 2.50 bits per heavy atom. The molecule has 0 spiro atoms. The molecule has 1 aromatic carbocycles. The van der Waals surface area contributed by atoms with Gasteiger partial charge in [-0.1, -0.05) is 19.9 Å². The molecule has 0 unspecified atom stereocenters. The van der Waals surface area contributed by atoms with Crippen molar-refractivity contribution >= 4 is 11.9 Å². The lowest BCUT2D eigenvalue weighted by atomic mass is 9.95. The highest BCUT2D eigenvalue weighted by molar-refractivity contribution is 5.84. The van der Waals surface area contributed by atoms with Crippen LogP contribution in [0.3, 0.4) is 0 Å². The van der Waals surface area contributed by atoms with Gasteiger partial charge in [0.2, 0.25) is 5.91 Å². The van der Waals surface area contributed by atoms with Gasteiger partial charge in [0.15, 0.2) is 5.96 Å². The van der Waals surface area contributed by atoms with Crippen LogP contribution in [-0.4, -0.2) is 50.5 Å². The fourth-order valence-corrected chi connectivity index (χ4v) is 2.63. The number of nitrogens with zero attached hydrogens (tertiary/aromatic N) is 2. The predicted molar refractivity (Wildman–Crippen MR) is 99.1 cm³/mol. The maximum absolute atomic E-state index is 14.1. The van der Waals surface area contributed by atoms with E-state index in [4.69, 9.17) is 0 Å². The van der Waals surface area contributed by atoms with Gasteiger partial charge in [-0.25, -0.2) is 13.8 Å². The minimum absolute atomic E-state index is 0.0400. The molecular weight excluding hydrogens is 338 g/mol. The number of halogens is 2. The maximum Gasteiger partial charge on any atom is 0.243 e. The van der Waals surface area contributed by atoms with E-state index in [0.29, 0.717) is 30.5 Å². The number of rotatable bonds is 7. The quantitative estimate of drug-likeness (QED) is 0.575. The SMILES string of the molecule is CC(C)CNC(=NCC(=O)N(C)C)NCC1(c2ccc(F)cc2F)CC1. The second kappa shape index (κ2) is 8.47. The van der Waals surface area contributed by atoms with Crippen molar-refractivity contribution < 1.29 is 13.6 Å². The summed E-state index contributed by atoms with van der Waals surface area (Å²) in [5.41, 5.74) is 0.183. The van der Waals surface area contributed by atoms with Gasteiger partial charge in [0.25, 0.3) is 0 Å². The fraction of sp³-hybridized carbons (Fsp3) is 0.579. The Hall–Kier alpha value is -2.18. The fourth-order valence-electron chi connectivity index (χ4n) is 2.63. The van der Waals surface area contributed by atoms with Gasteiger partial charge in [-0.2, -0.15) is 0 Å². The zero-order chi connectivity index (χ0) is 19.3. The van der Waals surface area contributed by atoms with Crippen LogP contribution in [0.2, 0.25) is 0 Å². The van der Waals surface area contributed by atoms with E-state index in [1.54, 1.807) is 14.1 Å². The molecule has 144 valence electrons. The molecule has 1 fully saturated rings. The Morgan fingerprint density at radius 2 is 1.96 bits per heavy atom. The highest BCUT2D eigenvalue weighted by Gasteiger charge is 2.46. The third-order valence-electron chi connectivity index (χ3n) is 4.50. The number of guanidine groups is 1. The summed E-state index contributed by atoms with van der Waals surface area (Å²) in [7, 11) is 3.37. The third kappa shape index (κ3) is 5.41. The first-order chi connectivity index (χ1) is 12.2. The van der Waals surface area contributed by atoms with Crippen molar-refractivity contribution in [3.8, 4) is 0 Å². The molecule has 1 aromatic rings. The van der Waals surface area contributed by atoms with Gasteiger partial charge >= 0.3 is 0 Å². The van der Waals surface area contributed by atoms with Crippen LogP contribution in [0, 0.1) is 17.6 Å². The van der Waals surface area contributed by atoms with E-state index in [0.717, 1.165) is 18.9 Å². The molecule has 1 amide bonds. The summed E-state index contributed by atoms with van der Waals surface area (Å²) in [5, 5.41) is 6.42. The summed E-state index contributed by atoms with van der Waals surface area (Å²) in [5.74, 6) is -0.237. The van der Waals surface area contributed by atoms with E-state index in [2.05, 4.69) is 29.5 Å². The van der Waals surface area contributed by atoms with Gasteiger partial charge in [0.1, 0.15) is 18.2 Å². The number of hydrogen-bond acceptors (Lipinski definition) is 2. The standard InChI is InChI=1S/C19H28F2N4O/c1-13(2)10-22-18(23-11-17(26)25(3)4)24-12-19(7-8-19)15-6-5-14(20)9-16(15)21/h5-6,9,13H,7-8,10-12H2,1-4H3,(H2,22,23,24). The number of carbonyl (C=O) groups excluding carboxylic acids is 1. The van der Waals surface area contributed by atoms with Gasteiger partial charge in [-0.15, -0.1) is 0 Å². The Balaban J connectivity index is 2.05. The van der Waals surface area contributed by atoms with Crippen molar-refractivity contribution in [2.75, 3.05) is 33.7 Å². The highest BCUT2D eigenvalue weighted by atomic mass is 19.1. The molecule has 0 saturated heterocycles. The van der Waals surface area contributed by atoms with Crippen LogP contribution in [0.4, 0.5) is 8.78 Å². The first kappa shape index (κ1) is 20.1. The van der Waals surface area contributed by atoms with Crippen LogP contribution >= 0.6 is 0 Å². The number of aliphatic imine (C=N–C) groups is 1. The molecule has 1 saturated carbocycles. The van der Waals surface area contributed by atoms with Crippen molar-refractivity contribution in [1.29, 1.82) is 0 Å². The molecule has 0 aromatic heterocycles. The minimum Gasteiger partial charge on any atom is -0.356 e. The zero-order valence-electron chi connectivity index (χ0n) is 15.9. The van der Waals surface area contributed by atoms with E-state index >= 15 is 0 Å². The van der Waals surface area contributed by atoms with E-state index in [-0.39, 0.29) is 17.9 Å². The zero-order valence-corrected chi connectivity index (χ0v) is 15.9. The van der Waals surface area contributed by atoms with Crippen LogP contribution in [-0.2, 0) is 10.2 Å². The lowest BCUT2D eigenvalue weighted by molar-refractivity contribution is -0.127. The van der Waals surface area contributed by atoms with E-state index < -0.39 is 11.6 Å². The third-order valence-corrected chi connectivity index (χ3v) is 4.50. The molecule has 0 atom stereocenters. The van der Waals surface area contributed by atoms with Crippen molar-refractivity contribution in [1.82, 2.24) is 15.5 Å². The first-order valence-corrected chi connectivity index (χ1v) is 8.91. The van der Waals surface area contributed by atoms with E-state index in [1.165, 1.54) is 17.0 Å². The van der Waals surface area contributed by atoms with E-state index in [1.807, 2.05) is 0 Å². The van der Waals surface area contributed by atoms with Gasteiger partial charge < -0.3 is 15.5 Å². The van der Waals surface area contributed by atoms with Gasteiger partial charge in [0, 0.05) is 38.7 Å². The van der Waals surface area contributed by atoms with Crippen molar-refractivity contribution in [2.24, 2.45) is 10.9 Å². The monoisotopic (exact) mass is 366 g/mol. The summed E-state index contributed by atoms with van der Waals surface area (Å²) < 4.78 is 27.3. The average molecular weight is 366 g/mol. The molecule has 1 aliphatic rings. The lowest BCUT2D eigenvalue weighted by Crippen LogP contribution is -2.43. The summed E-state index contributed by atoms with van der Waals surface area (Å²) in [6.07, 6.45) is 1.66. The van der Waals surface area contributed by atoms with Crippen LogP contribution in [0.25, 0.3) is 0 Å². The molecule has 2 rings (SSSR count). The molecule has 0 bridgehead atoms. The minimum atomic E-state index is -0.571. The molecule has 0 radical (unpaired) electrons. The molecule has 26 heavy (non-hydrogen) atoms. The normalized spacial score (nSPS) is 15.7. The van der Waals surface area contributed by atoms with Crippen LogP contribution in [0.15, 0.2) is 23.2 Å². The number of carbonyl (C=O) groups is 1. The maximum atomic E-state index is 14.1. The number of hydrogen-bond donors (Lipinski definition) is 2. The summed E-state index contributed by atoms with van der Waals surface area (Å²) in [6, 6.07) is 3.74. The van der Waals surface area contributed by atoms with Crippen molar-refractivity contribution in [2.45, 2.75) is 32.1 Å². The number of nitrogens with one attached hydrogen (secondary N) is 2. The van der Waals surface area contributed by atoms with Crippen molar-refractivity contribution in [3.05, 3.63) is 35.4 Å². The molecular formula is C19H28F2N4O. The Morgan fingerprint density at radius 1 is 1.27 bits per heavy atom. The second-order valence-electron chi connectivity index (χ2n) is 7.49. The van der Waals surface area contributed by atoms with Gasteiger partial charge in [0.05, 0.1) is 0 Å². The van der Waals surface area contributed by atoms with Crippen molar-refractivity contribution in [3.63, 3.8) is 0 Å². The lowest BCUT2D eigenvalue weighted by Gasteiger charge is -2.20. The number of benzene rings is 1. The number of likely N-dealkylation sites (N-methyl/N-ethyl adjacent to an activating group) is 1. The molecule has 1 aliphatic carbocycles. The van der Waals surface area contributed by atoms with Crippen LogP contribution in [0.5, 0.6) is 0 Å². The molecule has 0 aliphatic heterocycles. The Labute approximate surface area is 153 Å². The highest BCUT2D eigenvalue weighted by Crippen LogP contribution is 2.48. The Bertz CT molecular complexity index is 670. The largest absolute Gasteiger partial charge is 0.356 e. The number of amides is 1. The smallest absolute Gasteiger partial charge is 0.243 e. The Kier molecular flexibility index (Phi) is 6.56. The summed E-state index contributed by atoms with van der Waals surface area (Å²) >= 11 is 0. The summed E-state index contributed by atoms with van der Waals surface area (Å²) in [4.78, 5) is 17.6. The molecule has 0 heterocycles. The topological polar surface area (TPSA) is 56.7 Å². The molecule has 7 heteroatoms. The molecule has 5 nitrogen and oxygen atoms in total. The molecule has 2 N–H and O–H groups in total. The first-order valence-electron chi connectivity index (χ1n) is 8.91. The van der Waals surface area contributed by atoms with Crippen LogP contribution < -0.4 is 10.6 Å². The van der Waals surface area contributed by atoms with Gasteiger partial charge in [-0.05, 0) is 30.4 Å². The van der Waals surface area contributed by atoms with Gasteiger partial charge in [-0.3, -0.25) is 4.79 Å². The predicted octanol–water partition coefficient (Wildman–Crippen LogP) is 2.28. The van der Waals surface area contributed by atoms with Crippen LogP contribution in [0.1, 0.15) is 32.3 Å². The van der Waals surface area contributed by atoms with E-state index in [9.17, 15) is 13.6 Å². The average Bonchev–Trinajstić information content (AvgIpc) is 3.34. The summed E-state index contributed by atoms with van der Waals surface area (Å²) in [6.45, 7) is 5.38.